The summed E-state index contributed by atoms with van der Waals surface area (Å²) in [7, 11) is 0. The number of carbonyl (C=O) groups is 1. The molecule has 0 saturated heterocycles. The fourth-order valence-corrected chi connectivity index (χ4v) is 2.02. The minimum absolute atomic E-state index is 0.147. The molecular formula is C9H13NO2S. The van der Waals surface area contributed by atoms with E-state index in [0.29, 0.717) is 0 Å². The summed E-state index contributed by atoms with van der Waals surface area (Å²) < 4.78 is 0. The van der Waals surface area contributed by atoms with Crippen molar-refractivity contribution in [2.45, 2.75) is 32.6 Å². The molecule has 1 heterocycles. The Hall–Kier alpha value is -0.900. The predicted octanol–water partition coefficient (Wildman–Crippen LogP) is 2.20. The van der Waals surface area contributed by atoms with Gasteiger partial charge in [0.25, 0.3) is 0 Å². The first-order valence-electron chi connectivity index (χ1n) is 4.06. The van der Waals surface area contributed by atoms with Gasteiger partial charge in [-0.3, -0.25) is 4.79 Å². The quantitative estimate of drug-likeness (QED) is 0.812. The van der Waals surface area contributed by atoms with Gasteiger partial charge in [-0.1, -0.05) is 13.8 Å². The number of thiazole rings is 1. The smallest absolute Gasteiger partial charge is 0.304 e. The van der Waals surface area contributed by atoms with Gasteiger partial charge in [-0.15, -0.1) is 11.3 Å². The van der Waals surface area contributed by atoms with Gasteiger partial charge in [-0.2, -0.15) is 0 Å². The van der Waals surface area contributed by atoms with Gasteiger partial charge in [-0.05, 0) is 6.92 Å². The number of aryl methyl sites for hydroxylation is 1. The third-order valence-electron chi connectivity index (χ3n) is 1.88. The monoisotopic (exact) mass is 199 g/mol. The van der Waals surface area contributed by atoms with Gasteiger partial charge in [-0.25, -0.2) is 4.98 Å². The third-order valence-corrected chi connectivity index (χ3v) is 3.16. The normalized spacial score (nSPS) is 11.6. The first kappa shape index (κ1) is 10.2. The van der Waals surface area contributed by atoms with Crippen molar-refractivity contribution in [1.82, 2.24) is 4.98 Å². The van der Waals surface area contributed by atoms with E-state index in [1.165, 1.54) is 0 Å². The predicted molar refractivity (Wildman–Crippen MR) is 52.1 cm³/mol. The maximum Gasteiger partial charge on any atom is 0.304 e. The van der Waals surface area contributed by atoms with Crippen molar-refractivity contribution in [3.63, 3.8) is 0 Å². The molecule has 1 rings (SSSR count). The number of hydrogen-bond acceptors (Lipinski definition) is 3. The van der Waals surface area contributed by atoms with Crippen molar-refractivity contribution in [3.8, 4) is 0 Å². The van der Waals surface area contributed by atoms with Gasteiger partial charge in [0.05, 0.1) is 11.4 Å². The topological polar surface area (TPSA) is 50.2 Å². The van der Waals surface area contributed by atoms with Crippen LogP contribution in [0.2, 0.25) is 0 Å². The molecule has 0 spiro atoms. The van der Waals surface area contributed by atoms with Crippen molar-refractivity contribution in [3.05, 3.63) is 16.1 Å². The van der Waals surface area contributed by atoms with Crippen LogP contribution in [0.15, 0.2) is 6.20 Å². The Morgan fingerprint density at radius 3 is 2.69 bits per heavy atom. The molecule has 0 aliphatic carbocycles. The van der Waals surface area contributed by atoms with Crippen molar-refractivity contribution >= 4 is 17.3 Å². The molecule has 1 aromatic heterocycles. The second-order valence-corrected chi connectivity index (χ2v) is 4.93. The summed E-state index contributed by atoms with van der Waals surface area (Å²) in [5.41, 5.74) is -0.308. The molecule has 0 radical (unpaired) electrons. The zero-order valence-corrected chi connectivity index (χ0v) is 8.81. The molecule has 0 saturated carbocycles. The van der Waals surface area contributed by atoms with Crippen LogP contribution in [0.1, 0.15) is 30.2 Å². The van der Waals surface area contributed by atoms with E-state index in [9.17, 15) is 4.79 Å². The highest BCUT2D eigenvalue weighted by Gasteiger charge is 2.25. The number of nitrogens with zero attached hydrogens (tertiary/aromatic N) is 1. The molecule has 0 aliphatic rings. The highest BCUT2D eigenvalue weighted by molar-refractivity contribution is 7.11. The summed E-state index contributed by atoms with van der Waals surface area (Å²) in [6.45, 7) is 5.77. The van der Waals surface area contributed by atoms with Gasteiger partial charge < -0.3 is 5.11 Å². The lowest BCUT2D eigenvalue weighted by molar-refractivity contribution is -0.138. The van der Waals surface area contributed by atoms with E-state index >= 15 is 0 Å². The molecule has 4 heteroatoms. The summed E-state index contributed by atoms with van der Waals surface area (Å²) in [4.78, 5) is 15.7. The van der Waals surface area contributed by atoms with Gasteiger partial charge in [0.1, 0.15) is 0 Å². The van der Waals surface area contributed by atoms with E-state index in [0.717, 1.165) is 9.88 Å². The fraction of sp³-hybridized carbons (Fsp3) is 0.556. The van der Waals surface area contributed by atoms with Crippen molar-refractivity contribution in [2.24, 2.45) is 0 Å². The average Bonchev–Trinajstić information content (AvgIpc) is 2.32. The highest BCUT2D eigenvalue weighted by Crippen LogP contribution is 2.31. The lowest BCUT2D eigenvalue weighted by atomic mass is 9.88. The minimum Gasteiger partial charge on any atom is -0.481 e. The first-order valence-corrected chi connectivity index (χ1v) is 4.88. The van der Waals surface area contributed by atoms with Gasteiger partial charge in [0.15, 0.2) is 0 Å². The number of carboxylic acid groups (broad SMARTS) is 1. The maximum absolute atomic E-state index is 10.6. The van der Waals surface area contributed by atoms with Crippen LogP contribution in [-0.4, -0.2) is 16.1 Å². The third kappa shape index (κ3) is 2.52. The summed E-state index contributed by atoms with van der Waals surface area (Å²) in [5.74, 6) is -0.768. The molecule has 1 N–H and O–H groups in total. The van der Waals surface area contributed by atoms with Gasteiger partial charge >= 0.3 is 5.97 Å². The molecule has 0 bridgehead atoms. The van der Waals surface area contributed by atoms with Crippen molar-refractivity contribution in [1.29, 1.82) is 0 Å². The van der Waals surface area contributed by atoms with Crippen molar-refractivity contribution in [2.75, 3.05) is 0 Å². The molecule has 0 aromatic carbocycles. The summed E-state index contributed by atoms with van der Waals surface area (Å²) in [6.07, 6.45) is 1.91. The highest BCUT2D eigenvalue weighted by atomic mass is 32.1. The van der Waals surface area contributed by atoms with E-state index in [2.05, 4.69) is 4.98 Å². The van der Waals surface area contributed by atoms with Crippen LogP contribution in [0.25, 0.3) is 0 Å². The SMILES string of the molecule is Cc1ncc(C(C)(C)CC(=O)O)s1. The largest absolute Gasteiger partial charge is 0.481 e. The van der Waals surface area contributed by atoms with Gasteiger partial charge in [0.2, 0.25) is 0 Å². The van der Waals surface area contributed by atoms with Crippen LogP contribution < -0.4 is 0 Å². The Kier molecular flexibility index (Phi) is 2.71. The Morgan fingerprint density at radius 2 is 2.31 bits per heavy atom. The molecule has 13 heavy (non-hydrogen) atoms. The van der Waals surface area contributed by atoms with Crippen LogP contribution in [0.4, 0.5) is 0 Å². The van der Waals surface area contributed by atoms with E-state index in [1.54, 1.807) is 17.5 Å². The number of aliphatic carboxylic acids is 1. The lowest BCUT2D eigenvalue weighted by Crippen LogP contribution is -2.20. The molecule has 72 valence electrons. The van der Waals surface area contributed by atoms with E-state index < -0.39 is 5.97 Å². The molecule has 0 amide bonds. The lowest BCUT2D eigenvalue weighted by Gasteiger charge is -2.19. The second kappa shape index (κ2) is 3.46. The van der Waals surface area contributed by atoms with Crippen molar-refractivity contribution < 1.29 is 9.90 Å². The average molecular weight is 199 g/mol. The first-order chi connectivity index (χ1) is 5.92. The molecule has 0 aliphatic heterocycles. The van der Waals surface area contributed by atoms with Crippen LogP contribution in [0.5, 0.6) is 0 Å². The van der Waals surface area contributed by atoms with E-state index in [4.69, 9.17) is 5.11 Å². The summed E-state index contributed by atoms with van der Waals surface area (Å²) >= 11 is 1.56. The maximum atomic E-state index is 10.6. The Bertz CT molecular complexity index is 317. The molecular weight excluding hydrogens is 186 g/mol. The molecule has 0 fully saturated rings. The Balaban J connectivity index is 2.86. The molecule has 0 atom stereocenters. The molecule has 1 aromatic rings. The molecule has 3 nitrogen and oxygen atoms in total. The van der Waals surface area contributed by atoms with Crippen LogP contribution >= 0.6 is 11.3 Å². The minimum atomic E-state index is -0.768. The number of rotatable bonds is 3. The molecule has 0 unspecified atom stereocenters. The number of hydrogen-bond donors (Lipinski definition) is 1. The van der Waals surface area contributed by atoms with E-state index in [1.807, 2.05) is 20.8 Å². The van der Waals surface area contributed by atoms with Gasteiger partial charge in [0, 0.05) is 16.5 Å². The standard InChI is InChI=1S/C9H13NO2S/c1-6-10-5-7(13-6)9(2,3)4-8(11)12/h5H,4H2,1-3H3,(H,11,12). The zero-order chi connectivity index (χ0) is 10.1. The summed E-state index contributed by atoms with van der Waals surface area (Å²) in [5, 5.41) is 9.68. The fourth-order valence-electron chi connectivity index (χ4n) is 1.14. The number of carboxylic acids is 1. The second-order valence-electron chi connectivity index (χ2n) is 3.70. The van der Waals surface area contributed by atoms with Crippen LogP contribution in [-0.2, 0) is 10.2 Å². The zero-order valence-electron chi connectivity index (χ0n) is 8.00. The number of aromatic nitrogens is 1. The van der Waals surface area contributed by atoms with Crippen LogP contribution in [0, 0.1) is 6.92 Å². The Morgan fingerprint density at radius 1 is 1.69 bits per heavy atom. The van der Waals surface area contributed by atoms with E-state index in [-0.39, 0.29) is 11.8 Å². The summed E-state index contributed by atoms with van der Waals surface area (Å²) in [6, 6.07) is 0. The Labute approximate surface area is 81.4 Å². The van der Waals surface area contributed by atoms with Crippen LogP contribution in [0.3, 0.4) is 0 Å².